The number of carbonyl (C=O) groups excluding carboxylic acids is 2. The van der Waals surface area contributed by atoms with Crippen molar-refractivity contribution >= 4 is 23.4 Å². The topological polar surface area (TPSA) is 67.4 Å². The molecule has 2 amide bonds. The average molecular weight is 333 g/mol. The molecule has 0 aliphatic rings. The summed E-state index contributed by atoms with van der Waals surface area (Å²) >= 11 is 5.91. The highest BCUT2D eigenvalue weighted by Gasteiger charge is 2.08. The molecule has 0 saturated heterocycles. The molecule has 0 spiro atoms. The Morgan fingerprint density at radius 3 is 2.57 bits per heavy atom. The minimum atomic E-state index is -0.460. The predicted molar refractivity (Wildman–Crippen MR) is 88.5 cm³/mol. The van der Waals surface area contributed by atoms with Gasteiger partial charge in [0.05, 0.1) is 0 Å². The van der Waals surface area contributed by atoms with Crippen LogP contribution in [0.5, 0.6) is 5.75 Å². The van der Waals surface area contributed by atoms with Gasteiger partial charge in [-0.2, -0.15) is 0 Å². The molecule has 6 heteroatoms. The van der Waals surface area contributed by atoms with Gasteiger partial charge < -0.3 is 4.74 Å². The van der Waals surface area contributed by atoms with E-state index in [-0.39, 0.29) is 12.5 Å². The van der Waals surface area contributed by atoms with Crippen LogP contribution in [-0.4, -0.2) is 18.4 Å². The second-order valence-electron chi connectivity index (χ2n) is 5.07. The van der Waals surface area contributed by atoms with E-state index in [0.29, 0.717) is 16.3 Å². The minimum Gasteiger partial charge on any atom is -0.484 e. The summed E-state index contributed by atoms with van der Waals surface area (Å²) in [5.41, 5.74) is 6.94. The Morgan fingerprint density at radius 1 is 1.09 bits per heavy atom. The van der Waals surface area contributed by atoms with Crippen LogP contribution >= 0.6 is 11.6 Å². The van der Waals surface area contributed by atoms with Gasteiger partial charge in [-0.3, -0.25) is 20.4 Å². The number of rotatable bonds is 4. The second kappa shape index (κ2) is 7.65. The van der Waals surface area contributed by atoms with Crippen molar-refractivity contribution in [3.05, 3.63) is 64.2 Å². The van der Waals surface area contributed by atoms with E-state index in [1.165, 1.54) is 0 Å². The van der Waals surface area contributed by atoms with E-state index in [0.717, 1.165) is 11.1 Å². The summed E-state index contributed by atoms with van der Waals surface area (Å²) in [5, 5.41) is 0.632. The minimum absolute atomic E-state index is 0.213. The van der Waals surface area contributed by atoms with Gasteiger partial charge >= 0.3 is 0 Å². The van der Waals surface area contributed by atoms with E-state index in [4.69, 9.17) is 16.3 Å². The number of ether oxygens (including phenoxy) is 1. The molecular weight excluding hydrogens is 316 g/mol. The lowest BCUT2D eigenvalue weighted by Crippen LogP contribution is -2.43. The molecule has 0 aromatic heterocycles. The number of nitrogens with one attached hydrogen (secondary N) is 2. The van der Waals surface area contributed by atoms with Gasteiger partial charge in [-0.05, 0) is 49.7 Å². The third-order valence-electron chi connectivity index (χ3n) is 3.10. The van der Waals surface area contributed by atoms with Crippen molar-refractivity contribution in [3.8, 4) is 5.75 Å². The van der Waals surface area contributed by atoms with Crippen molar-refractivity contribution in [2.45, 2.75) is 13.8 Å². The Bertz CT molecular complexity index is 732. The zero-order chi connectivity index (χ0) is 16.8. The molecule has 23 heavy (non-hydrogen) atoms. The monoisotopic (exact) mass is 332 g/mol. The molecule has 0 unspecified atom stereocenters. The van der Waals surface area contributed by atoms with E-state index in [1.54, 1.807) is 36.4 Å². The Kier molecular flexibility index (Phi) is 5.60. The number of carbonyl (C=O) groups is 2. The van der Waals surface area contributed by atoms with E-state index in [2.05, 4.69) is 10.9 Å². The third-order valence-corrected chi connectivity index (χ3v) is 3.52. The smallest absolute Gasteiger partial charge is 0.276 e. The fourth-order valence-electron chi connectivity index (χ4n) is 1.88. The molecule has 0 aliphatic heterocycles. The highest BCUT2D eigenvalue weighted by molar-refractivity contribution is 6.31. The number of hydrogen-bond donors (Lipinski definition) is 2. The van der Waals surface area contributed by atoms with E-state index >= 15 is 0 Å². The number of aryl methyl sites for hydroxylation is 2. The van der Waals surface area contributed by atoms with Gasteiger partial charge in [0.1, 0.15) is 5.75 Å². The first-order valence-corrected chi connectivity index (χ1v) is 7.38. The van der Waals surface area contributed by atoms with Gasteiger partial charge in [-0.25, -0.2) is 0 Å². The molecule has 2 N–H and O–H groups in total. The van der Waals surface area contributed by atoms with Gasteiger partial charge in [0.2, 0.25) is 0 Å². The number of hydrazine groups is 1. The van der Waals surface area contributed by atoms with Crippen LogP contribution in [0.15, 0.2) is 42.5 Å². The lowest BCUT2D eigenvalue weighted by atomic mass is 10.1. The van der Waals surface area contributed by atoms with Gasteiger partial charge in [-0.1, -0.05) is 29.3 Å². The van der Waals surface area contributed by atoms with Crippen LogP contribution in [0.2, 0.25) is 5.02 Å². The van der Waals surface area contributed by atoms with Crippen LogP contribution < -0.4 is 15.6 Å². The molecule has 2 rings (SSSR count). The van der Waals surface area contributed by atoms with E-state index < -0.39 is 5.91 Å². The molecule has 0 saturated carbocycles. The van der Waals surface area contributed by atoms with Gasteiger partial charge in [0.25, 0.3) is 11.8 Å². The molecular formula is C17H17ClN2O3. The van der Waals surface area contributed by atoms with E-state index in [1.807, 2.05) is 19.9 Å². The fraction of sp³-hybridized carbons (Fsp3) is 0.176. The van der Waals surface area contributed by atoms with Crippen molar-refractivity contribution in [2.24, 2.45) is 0 Å². The zero-order valence-corrected chi connectivity index (χ0v) is 13.6. The highest BCUT2D eigenvalue weighted by atomic mass is 35.5. The summed E-state index contributed by atoms with van der Waals surface area (Å²) in [6.45, 7) is 3.52. The van der Waals surface area contributed by atoms with Gasteiger partial charge in [0.15, 0.2) is 6.61 Å². The van der Waals surface area contributed by atoms with Crippen LogP contribution in [0.1, 0.15) is 21.5 Å². The maximum atomic E-state index is 11.9. The number of amides is 2. The summed E-state index contributed by atoms with van der Waals surface area (Å²) in [6.07, 6.45) is 0. The number of hydrogen-bond acceptors (Lipinski definition) is 3. The first-order chi connectivity index (χ1) is 11.0. The second-order valence-corrected chi connectivity index (χ2v) is 5.48. The number of halogens is 1. The highest BCUT2D eigenvalue weighted by Crippen LogP contribution is 2.20. The zero-order valence-electron chi connectivity index (χ0n) is 12.9. The largest absolute Gasteiger partial charge is 0.484 e. The summed E-state index contributed by atoms with van der Waals surface area (Å²) in [6, 6.07) is 12.2. The third kappa shape index (κ3) is 5.00. The molecule has 2 aromatic rings. The lowest BCUT2D eigenvalue weighted by Gasteiger charge is -2.10. The van der Waals surface area contributed by atoms with Crippen LogP contribution in [0.25, 0.3) is 0 Å². The average Bonchev–Trinajstić information content (AvgIpc) is 2.53. The predicted octanol–water partition coefficient (Wildman–Crippen LogP) is 2.80. The first kappa shape index (κ1) is 16.8. The number of benzene rings is 2. The summed E-state index contributed by atoms with van der Waals surface area (Å²) < 4.78 is 5.34. The quantitative estimate of drug-likeness (QED) is 0.846. The molecule has 0 atom stereocenters. The van der Waals surface area contributed by atoms with Crippen LogP contribution in [0.4, 0.5) is 0 Å². The van der Waals surface area contributed by atoms with E-state index in [9.17, 15) is 9.59 Å². The molecule has 0 radical (unpaired) electrons. The molecule has 120 valence electrons. The molecule has 2 aromatic carbocycles. The molecule has 0 bridgehead atoms. The van der Waals surface area contributed by atoms with Gasteiger partial charge in [-0.15, -0.1) is 0 Å². The van der Waals surface area contributed by atoms with Gasteiger partial charge in [0, 0.05) is 10.6 Å². The maximum Gasteiger partial charge on any atom is 0.276 e. The van der Waals surface area contributed by atoms with Crippen LogP contribution in [0.3, 0.4) is 0 Å². The summed E-state index contributed by atoms with van der Waals surface area (Å²) in [4.78, 5) is 23.6. The van der Waals surface area contributed by atoms with Crippen molar-refractivity contribution in [3.63, 3.8) is 0 Å². The first-order valence-electron chi connectivity index (χ1n) is 7.00. The maximum absolute atomic E-state index is 11.9. The van der Waals surface area contributed by atoms with Crippen LogP contribution in [-0.2, 0) is 4.79 Å². The van der Waals surface area contributed by atoms with Crippen molar-refractivity contribution < 1.29 is 14.3 Å². The summed E-state index contributed by atoms with van der Waals surface area (Å²) in [5.74, 6) is -0.310. The van der Waals surface area contributed by atoms with Crippen LogP contribution in [0, 0.1) is 13.8 Å². The fourth-order valence-corrected chi connectivity index (χ4v) is 1.99. The Labute approximate surface area is 139 Å². The Balaban J connectivity index is 1.81. The summed E-state index contributed by atoms with van der Waals surface area (Å²) in [7, 11) is 0. The molecule has 5 nitrogen and oxygen atoms in total. The SMILES string of the molecule is Cc1cccc(C(=O)NNC(=O)COc2ccc(Cl)c(C)c2)c1. The van der Waals surface area contributed by atoms with Crippen molar-refractivity contribution in [1.29, 1.82) is 0 Å². The molecule has 0 heterocycles. The standard InChI is InChI=1S/C17H17ClN2O3/c1-11-4-3-5-13(8-11)17(22)20-19-16(21)10-23-14-6-7-15(18)12(2)9-14/h3-9H,10H2,1-2H3,(H,19,21)(H,20,22). The molecule has 0 fully saturated rings. The Morgan fingerprint density at radius 2 is 1.87 bits per heavy atom. The Hall–Kier alpha value is -2.53. The van der Waals surface area contributed by atoms with Crippen molar-refractivity contribution in [2.75, 3.05) is 6.61 Å². The molecule has 0 aliphatic carbocycles. The normalized spacial score (nSPS) is 10.0. The lowest BCUT2D eigenvalue weighted by molar-refractivity contribution is -0.123. The van der Waals surface area contributed by atoms with Crippen molar-refractivity contribution in [1.82, 2.24) is 10.9 Å².